The van der Waals surface area contributed by atoms with Crippen LogP contribution in [0.25, 0.3) is 0 Å². The molecule has 4 rings (SSSR count). The highest BCUT2D eigenvalue weighted by molar-refractivity contribution is 5.11. The van der Waals surface area contributed by atoms with Gasteiger partial charge in [-0.15, -0.1) is 0 Å². The Morgan fingerprint density at radius 3 is 2.19 bits per heavy atom. The molecule has 0 radical (unpaired) electrons. The second kappa shape index (κ2) is 9.42. The van der Waals surface area contributed by atoms with Gasteiger partial charge in [0.1, 0.15) is 0 Å². The average Bonchev–Trinajstić information content (AvgIpc) is 2.84. The van der Waals surface area contributed by atoms with Gasteiger partial charge in [0.05, 0.1) is 60.5 Å². The van der Waals surface area contributed by atoms with Crippen LogP contribution in [-0.4, -0.2) is 74.5 Å². The smallest absolute Gasteiger partial charge is 0.0943 e. The fraction of sp³-hybridized carbons (Fsp3) is 1.00. The Balaban J connectivity index is 0.00000171. The Bertz CT molecular complexity index is 633. The van der Waals surface area contributed by atoms with E-state index in [2.05, 4.69) is 56.0 Å². The monoisotopic (exact) mass is 660 g/mol. The predicted molar refractivity (Wildman–Crippen MR) is 121 cm³/mol. The second-order valence-electron chi connectivity index (χ2n) is 13.9. The van der Waals surface area contributed by atoms with Crippen molar-refractivity contribution >= 4 is 0 Å². The molecule has 3 nitrogen and oxygen atoms in total. The van der Waals surface area contributed by atoms with Crippen molar-refractivity contribution in [1.29, 1.82) is 0 Å². The van der Waals surface area contributed by atoms with E-state index in [0.29, 0.717) is 22.7 Å². The molecule has 1 aliphatic heterocycles. The van der Waals surface area contributed by atoms with Gasteiger partial charge in [-0.2, -0.15) is 0 Å². The van der Waals surface area contributed by atoms with Crippen molar-refractivity contribution < 1.29 is 62.0 Å². The summed E-state index contributed by atoms with van der Waals surface area (Å²) in [5.74, 6) is 3.79. The SMILES string of the molecule is CC(O)[C@H]1[C@H](C[N+](C)(C)C)C[C@H]2[C@@H]3CC[C@@H]4[C@](C)(CCC[N+]4(C)C)[C@H]3CC[C@@]21C.[I-].[I-]. The summed E-state index contributed by atoms with van der Waals surface area (Å²) in [5, 5.41) is 10.9. The highest BCUT2D eigenvalue weighted by atomic mass is 127. The summed E-state index contributed by atoms with van der Waals surface area (Å²) in [7, 11) is 12.0. The Morgan fingerprint density at radius 2 is 1.61 bits per heavy atom. The molecule has 1 unspecified atom stereocenters. The fourth-order valence-corrected chi connectivity index (χ4v) is 10.0. The topological polar surface area (TPSA) is 20.2 Å². The number of nitrogens with zero attached hydrogens (tertiary/aromatic N) is 2. The van der Waals surface area contributed by atoms with Gasteiger partial charge in [0.2, 0.25) is 0 Å². The van der Waals surface area contributed by atoms with Crippen molar-refractivity contribution in [3.05, 3.63) is 0 Å². The average molecular weight is 661 g/mol. The molecule has 0 bridgehead atoms. The van der Waals surface area contributed by atoms with Crippen LogP contribution in [0.2, 0.25) is 0 Å². The summed E-state index contributed by atoms with van der Waals surface area (Å²) in [4.78, 5) is 0. The molecule has 5 heteroatoms. The lowest BCUT2D eigenvalue weighted by atomic mass is 9.46. The van der Waals surface area contributed by atoms with Crippen LogP contribution in [0.5, 0.6) is 0 Å². The normalized spacial score (nSPS) is 47.1. The molecule has 1 N–H and O–H groups in total. The van der Waals surface area contributed by atoms with Crippen LogP contribution in [0.3, 0.4) is 0 Å². The standard InChI is InChI=1S/C26H50N2O.2HI/c1-18(29)24-19(17-27(4,5)6)16-22-20-10-11-23-25(2,13-9-15-28(23,7)8)21(20)12-14-26(22,24)3;;/h18-24,29H,9-17H2,1-8H3;2*1H/q+2;;/p-2/t18?,19-,20+,21-,22-,23+,24-,25+,26-;;/m0../s1. The third-order valence-corrected chi connectivity index (χ3v) is 10.7. The highest BCUT2D eigenvalue weighted by Gasteiger charge is 2.65. The molecule has 0 aromatic carbocycles. The molecule has 3 saturated carbocycles. The minimum absolute atomic E-state index is 0. The van der Waals surface area contributed by atoms with Gasteiger partial charge in [-0.1, -0.05) is 13.8 Å². The van der Waals surface area contributed by atoms with Crippen molar-refractivity contribution in [3.63, 3.8) is 0 Å². The maximum Gasteiger partial charge on any atom is 0.0943 e. The zero-order valence-electron chi connectivity index (χ0n) is 21.5. The van der Waals surface area contributed by atoms with E-state index in [4.69, 9.17) is 0 Å². The molecule has 1 saturated heterocycles. The Kier molecular flexibility index (Phi) is 8.68. The van der Waals surface area contributed by atoms with E-state index in [9.17, 15) is 5.11 Å². The number of aliphatic hydroxyl groups is 1. The van der Waals surface area contributed by atoms with Gasteiger partial charge < -0.3 is 62.0 Å². The third kappa shape index (κ3) is 4.75. The van der Waals surface area contributed by atoms with Crippen LogP contribution < -0.4 is 48.0 Å². The summed E-state index contributed by atoms with van der Waals surface area (Å²) in [6.45, 7) is 9.93. The maximum atomic E-state index is 10.9. The molecular formula is C26H50I2N2O. The summed E-state index contributed by atoms with van der Waals surface area (Å²) in [6.07, 6.45) is 9.67. The van der Waals surface area contributed by atoms with Crippen molar-refractivity contribution in [2.24, 2.45) is 40.4 Å². The van der Waals surface area contributed by atoms with Crippen molar-refractivity contribution in [2.75, 3.05) is 48.3 Å². The molecule has 184 valence electrons. The summed E-state index contributed by atoms with van der Waals surface area (Å²) in [6, 6.07) is 0.859. The maximum absolute atomic E-state index is 10.9. The number of quaternary nitrogens is 2. The fourth-order valence-electron chi connectivity index (χ4n) is 10.0. The lowest BCUT2D eigenvalue weighted by Crippen LogP contribution is -3.00. The molecule has 0 aromatic heterocycles. The van der Waals surface area contributed by atoms with Crippen LogP contribution in [0, 0.1) is 40.4 Å². The first-order valence-corrected chi connectivity index (χ1v) is 12.6. The van der Waals surface area contributed by atoms with Crippen LogP contribution >= 0.6 is 0 Å². The van der Waals surface area contributed by atoms with E-state index >= 15 is 0 Å². The Hall–Kier alpha value is 1.34. The van der Waals surface area contributed by atoms with Gasteiger partial charge in [0.15, 0.2) is 0 Å². The summed E-state index contributed by atoms with van der Waals surface area (Å²) in [5.41, 5.74) is 0.877. The zero-order chi connectivity index (χ0) is 21.4. The van der Waals surface area contributed by atoms with Gasteiger partial charge in [0, 0.05) is 17.8 Å². The second-order valence-corrected chi connectivity index (χ2v) is 13.9. The number of fused-ring (bicyclic) bond motifs is 5. The summed E-state index contributed by atoms with van der Waals surface area (Å²) >= 11 is 0. The van der Waals surface area contributed by atoms with Gasteiger partial charge in [-0.05, 0) is 74.5 Å². The molecule has 0 spiro atoms. The first-order valence-electron chi connectivity index (χ1n) is 12.6. The van der Waals surface area contributed by atoms with E-state index in [1.54, 1.807) is 0 Å². The van der Waals surface area contributed by atoms with Gasteiger partial charge in [-0.3, -0.25) is 0 Å². The first kappa shape index (κ1) is 28.6. The number of hydrogen-bond acceptors (Lipinski definition) is 1. The number of hydrogen-bond donors (Lipinski definition) is 1. The molecule has 9 atom stereocenters. The molecular weight excluding hydrogens is 610 g/mol. The number of rotatable bonds is 3. The van der Waals surface area contributed by atoms with E-state index in [1.807, 2.05) is 0 Å². The number of piperidine rings is 1. The molecule has 31 heavy (non-hydrogen) atoms. The van der Waals surface area contributed by atoms with Crippen molar-refractivity contribution in [2.45, 2.75) is 77.9 Å². The van der Waals surface area contributed by atoms with Gasteiger partial charge in [0.25, 0.3) is 0 Å². The number of likely N-dealkylation sites (tertiary alicyclic amines) is 1. The minimum Gasteiger partial charge on any atom is -1.00 e. The third-order valence-electron chi connectivity index (χ3n) is 10.7. The van der Waals surface area contributed by atoms with Crippen molar-refractivity contribution in [3.8, 4) is 0 Å². The quantitative estimate of drug-likeness (QED) is 0.286. The molecule has 0 amide bonds. The molecule has 4 fully saturated rings. The van der Waals surface area contributed by atoms with E-state index in [-0.39, 0.29) is 54.1 Å². The zero-order valence-corrected chi connectivity index (χ0v) is 25.8. The largest absolute Gasteiger partial charge is 1.00 e. The molecule has 1 heterocycles. The summed E-state index contributed by atoms with van der Waals surface area (Å²) < 4.78 is 2.28. The lowest BCUT2D eigenvalue weighted by Gasteiger charge is -2.63. The lowest BCUT2D eigenvalue weighted by molar-refractivity contribution is -0.931. The Labute approximate surface area is 227 Å². The van der Waals surface area contributed by atoms with Crippen LogP contribution in [0.4, 0.5) is 0 Å². The molecule has 3 aliphatic carbocycles. The number of halogens is 2. The van der Waals surface area contributed by atoms with Crippen molar-refractivity contribution in [1.82, 2.24) is 0 Å². The minimum atomic E-state index is -0.171. The molecule has 0 aromatic rings. The predicted octanol–water partition coefficient (Wildman–Crippen LogP) is -1.59. The Morgan fingerprint density at radius 1 is 0.968 bits per heavy atom. The van der Waals surface area contributed by atoms with E-state index in [0.717, 1.165) is 28.3 Å². The van der Waals surface area contributed by atoms with E-state index in [1.165, 1.54) is 62.5 Å². The number of aliphatic hydroxyl groups excluding tert-OH is 1. The van der Waals surface area contributed by atoms with E-state index < -0.39 is 0 Å². The van der Waals surface area contributed by atoms with Crippen LogP contribution in [0.1, 0.15) is 65.7 Å². The van der Waals surface area contributed by atoms with Crippen LogP contribution in [-0.2, 0) is 0 Å². The van der Waals surface area contributed by atoms with Gasteiger partial charge in [-0.25, -0.2) is 0 Å². The molecule has 4 aliphatic rings. The first-order chi connectivity index (χ1) is 13.3. The highest BCUT2D eigenvalue weighted by Crippen LogP contribution is 2.68. The van der Waals surface area contributed by atoms with Gasteiger partial charge >= 0.3 is 0 Å². The van der Waals surface area contributed by atoms with Crippen LogP contribution in [0.15, 0.2) is 0 Å².